The number of amides is 4. The summed E-state index contributed by atoms with van der Waals surface area (Å²) >= 11 is 6.36. The Bertz CT molecular complexity index is 2190. The number of benzene rings is 4. The van der Waals surface area contributed by atoms with Gasteiger partial charge in [0.15, 0.2) is 0 Å². The molecular formula is C41H33ClFN3O6. The molecule has 0 spiro atoms. The molecule has 11 heteroatoms. The van der Waals surface area contributed by atoms with Crippen LogP contribution in [0, 0.1) is 29.5 Å². The maximum Gasteiger partial charge on any atom is 0.260 e. The van der Waals surface area contributed by atoms with Crippen LogP contribution in [-0.2, 0) is 24.6 Å². The first-order valence-corrected chi connectivity index (χ1v) is 17.3. The first-order chi connectivity index (χ1) is 25.1. The molecule has 52 heavy (non-hydrogen) atoms. The van der Waals surface area contributed by atoms with Crippen molar-refractivity contribution in [2.24, 2.45) is 23.7 Å². The van der Waals surface area contributed by atoms with Crippen LogP contribution in [0.25, 0.3) is 6.08 Å². The number of halogens is 2. The zero-order valence-corrected chi connectivity index (χ0v) is 28.7. The third kappa shape index (κ3) is 4.88. The largest absolute Gasteiger partial charge is 0.508 e. The van der Waals surface area contributed by atoms with Gasteiger partial charge in [-0.2, -0.15) is 5.01 Å². The molecule has 2 aliphatic carbocycles. The van der Waals surface area contributed by atoms with E-state index in [-0.39, 0.29) is 36.2 Å². The lowest BCUT2D eigenvalue weighted by atomic mass is 9.49. The highest BCUT2D eigenvalue weighted by Gasteiger charge is 2.70. The van der Waals surface area contributed by atoms with Gasteiger partial charge in [0.25, 0.3) is 11.8 Å². The fraction of sp³-hybridized carbons (Fsp3) is 0.220. The second-order valence-electron chi connectivity index (χ2n) is 13.6. The number of carbonyl (C=O) groups excluding carboxylic acids is 4. The van der Waals surface area contributed by atoms with Gasteiger partial charge in [0, 0.05) is 22.6 Å². The Labute approximate surface area is 303 Å². The average molecular weight is 718 g/mol. The minimum absolute atomic E-state index is 0.0640. The van der Waals surface area contributed by atoms with Crippen molar-refractivity contribution in [3.63, 3.8) is 0 Å². The lowest BCUT2D eigenvalue weighted by molar-refractivity contribution is -0.138. The van der Waals surface area contributed by atoms with E-state index in [0.717, 1.165) is 16.1 Å². The number of phenols is 1. The van der Waals surface area contributed by atoms with E-state index < -0.39 is 52.6 Å². The third-order valence-corrected chi connectivity index (χ3v) is 11.4. The van der Waals surface area contributed by atoms with Crippen LogP contribution in [0.4, 0.5) is 15.8 Å². The van der Waals surface area contributed by atoms with Gasteiger partial charge in [-0.05, 0) is 84.5 Å². The monoisotopic (exact) mass is 717 g/mol. The fourth-order valence-corrected chi connectivity index (χ4v) is 9.08. The summed E-state index contributed by atoms with van der Waals surface area (Å²) in [4.78, 5) is 59.8. The summed E-state index contributed by atoms with van der Waals surface area (Å²) in [5.74, 6) is -6.05. The number of anilines is 2. The van der Waals surface area contributed by atoms with Crippen LogP contribution in [0.3, 0.4) is 0 Å². The Kier molecular flexibility index (Phi) is 8.02. The molecule has 8 rings (SSSR count). The number of hydrogen-bond donors (Lipinski definition) is 2. The lowest BCUT2D eigenvalue weighted by Gasteiger charge is -2.50. The van der Waals surface area contributed by atoms with Crippen molar-refractivity contribution in [3.8, 4) is 11.5 Å². The number of aromatic hydroxyl groups is 1. The van der Waals surface area contributed by atoms with E-state index in [0.29, 0.717) is 27.5 Å². The van der Waals surface area contributed by atoms with Crippen LogP contribution in [-0.4, -0.2) is 40.9 Å². The van der Waals surface area contributed by atoms with Gasteiger partial charge in [-0.1, -0.05) is 66.2 Å². The normalized spacial score (nSPS) is 26.4. The standard InChI is InChI=1S/C41H33ClFN3O6/c1-3-22-4-14-27(15-5-22)45-37(48)31-19-18-29-32(35(31)39(45)50)21-33-38(49)46(44-26-12-10-25(43)11-13-26)40(51)41(33,23-6-8-24(42)9-7-23)36(29)30-17-16-28(47)20-34(30)52-2/h3-18,20,31-33,35-36,44,47H,1,19,21H2,2H3. The van der Waals surface area contributed by atoms with Crippen molar-refractivity contribution in [2.45, 2.75) is 24.2 Å². The molecule has 4 aliphatic rings. The number of allylic oxidation sites excluding steroid dienone is 2. The Morgan fingerprint density at radius 1 is 0.923 bits per heavy atom. The number of methoxy groups -OCH3 is 1. The molecule has 2 heterocycles. The highest BCUT2D eigenvalue weighted by atomic mass is 35.5. The molecule has 6 unspecified atom stereocenters. The van der Waals surface area contributed by atoms with Crippen LogP contribution in [0.15, 0.2) is 109 Å². The second kappa shape index (κ2) is 12.5. The van der Waals surface area contributed by atoms with Crippen LogP contribution in [0.5, 0.6) is 11.5 Å². The summed E-state index contributed by atoms with van der Waals surface area (Å²) in [7, 11) is 1.45. The summed E-state index contributed by atoms with van der Waals surface area (Å²) in [6.07, 6.45) is 3.94. The van der Waals surface area contributed by atoms with Gasteiger partial charge in [0.1, 0.15) is 17.3 Å². The number of rotatable bonds is 7. The van der Waals surface area contributed by atoms with E-state index in [1.807, 2.05) is 6.08 Å². The van der Waals surface area contributed by atoms with Crippen LogP contribution < -0.4 is 15.1 Å². The molecule has 1 saturated carbocycles. The van der Waals surface area contributed by atoms with Gasteiger partial charge in [0.05, 0.1) is 41.7 Å². The highest BCUT2D eigenvalue weighted by Crippen LogP contribution is 2.65. The molecule has 4 amide bonds. The van der Waals surface area contributed by atoms with Gasteiger partial charge in [-0.25, -0.2) is 4.39 Å². The summed E-state index contributed by atoms with van der Waals surface area (Å²) in [5, 5.41) is 11.9. The maximum absolute atomic E-state index is 15.3. The Balaban J connectivity index is 1.33. The topological polar surface area (TPSA) is 116 Å². The lowest BCUT2D eigenvalue weighted by Crippen LogP contribution is -2.53. The number of nitrogens with one attached hydrogen (secondary N) is 1. The molecule has 4 aromatic carbocycles. The molecule has 2 N–H and O–H groups in total. The van der Waals surface area contributed by atoms with Crippen molar-refractivity contribution in [2.75, 3.05) is 17.4 Å². The van der Waals surface area contributed by atoms with Crippen LogP contribution in [0.1, 0.15) is 35.4 Å². The summed E-state index contributed by atoms with van der Waals surface area (Å²) < 4.78 is 19.7. The van der Waals surface area contributed by atoms with Gasteiger partial charge >= 0.3 is 0 Å². The van der Waals surface area contributed by atoms with Gasteiger partial charge in [-0.15, -0.1) is 0 Å². The summed E-state index contributed by atoms with van der Waals surface area (Å²) in [5.41, 5.74) is 4.72. The smallest absolute Gasteiger partial charge is 0.260 e. The molecule has 6 atom stereocenters. The zero-order chi connectivity index (χ0) is 36.5. The fourth-order valence-electron chi connectivity index (χ4n) is 8.95. The first kappa shape index (κ1) is 33.4. The number of imide groups is 2. The van der Waals surface area contributed by atoms with E-state index in [9.17, 15) is 23.9 Å². The van der Waals surface area contributed by atoms with Crippen molar-refractivity contribution in [3.05, 3.63) is 137 Å². The van der Waals surface area contributed by atoms with E-state index in [1.54, 1.807) is 60.7 Å². The van der Waals surface area contributed by atoms with Gasteiger partial charge in [0.2, 0.25) is 11.8 Å². The zero-order valence-electron chi connectivity index (χ0n) is 28.0. The number of phenolic OH excluding ortho intramolecular Hbond substituents is 1. The predicted octanol–water partition coefficient (Wildman–Crippen LogP) is 7.03. The number of nitrogens with zero attached hydrogens (tertiary/aromatic N) is 2. The van der Waals surface area contributed by atoms with Crippen LogP contribution in [0.2, 0.25) is 5.02 Å². The molecule has 0 bridgehead atoms. The van der Waals surface area contributed by atoms with Crippen molar-refractivity contribution >= 4 is 52.7 Å². The molecule has 0 radical (unpaired) electrons. The highest BCUT2D eigenvalue weighted by molar-refractivity contribution is 6.30. The molecule has 9 nitrogen and oxygen atoms in total. The number of fused-ring (bicyclic) bond motifs is 4. The number of hydrogen-bond acceptors (Lipinski definition) is 7. The Morgan fingerprint density at radius 2 is 1.63 bits per heavy atom. The molecule has 2 aliphatic heterocycles. The molecular weight excluding hydrogens is 685 g/mol. The number of carbonyl (C=O) groups is 4. The maximum atomic E-state index is 15.3. The van der Waals surface area contributed by atoms with Gasteiger partial charge < -0.3 is 9.84 Å². The van der Waals surface area contributed by atoms with E-state index in [1.165, 1.54) is 48.4 Å². The van der Waals surface area contributed by atoms with E-state index in [4.69, 9.17) is 16.3 Å². The minimum atomic E-state index is -1.58. The predicted molar refractivity (Wildman–Crippen MR) is 193 cm³/mol. The molecule has 3 fully saturated rings. The van der Waals surface area contributed by atoms with E-state index in [2.05, 4.69) is 12.0 Å². The SMILES string of the molecule is C=Cc1ccc(N2C(=O)C3CC=C4C(CC5C(=O)N(Nc6ccc(F)cc6)C(=O)C5(c5ccc(Cl)cc5)C4c4ccc(O)cc4OC)C3C2=O)cc1. The quantitative estimate of drug-likeness (QED) is 0.156. The minimum Gasteiger partial charge on any atom is -0.508 e. The Morgan fingerprint density at radius 3 is 2.31 bits per heavy atom. The van der Waals surface area contributed by atoms with Crippen molar-refractivity contribution in [1.29, 1.82) is 0 Å². The molecule has 4 aromatic rings. The summed E-state index contributed by atoms with van der Waals surface area (Å²) in [6, 6.07) is 23.7. The van der Waals surface area contributed by atoms with Crippen LogP contribution >= 0.6 is 11.6 Å². The summed E-state index contributed by atoms with van der Waals surface area (Å²) in [6.45, 7) is 3.78. The molecule has 0 aromatic heterocycles. The molecule has 262 valence electrons. The van der Waals surface area contributed by atoms with E-state index >= 15 is 4.79 Å². The first-order valence-electron chi connectivity index (χ1n) is 16.9. The van der Waals surface area contributed by atoms with Crippen molar-refractivity contribution in [1.82, 2.24) is 5.01 Å². The number of hydrazine groups is 1. The van der Waals surface area contributed by atoms with Crippen molar-refractivity contribution < 1.29 is 33.4 Å². The Hall–Kier alpha value is -5.74. The average Bonchev–Trinajstić information content (AvgIpc) is 3.53. The second-order valence-corrected chi connectivity index (χ2v) is 14.0. The molecule has 2 saturated heterocycles. The third-order valence-electron chi connectivity index (χ3n) is 11.2. The van der Waals surface area contributed by atoms with Gasteiger partial charge in [-0.3, -0.25) is 29.5 Å². The number of ether oxygens (including phenoxy) is 1.